The lowest BCUT2D eigenvalue weighted by molar-refractivity contribution is 0.0525. The van der Waals surface area contributed by atoms with E-state index in [1.54, 1.807) is 36.9 Å². The lowest BCUT2D eigenvalue weighted by Gasteiger charge is -2.07. The van der Waals surface area contributed by atoms with Crippen molar-refractivity contribution in [1.29, 1.82) is 0 Å². The van der Waals surface area contributed by atoms with Gasteiger partial charge in [0.1, 0.15) is 0 Å². The van der Waals surface area contributed by atoms with Crippen LogP contribution in [0.25, 0.3) is 11.4 Å². The Morgan fingerprint density at radius 1 is 1.39 bits per heavy atom. The van der Waals surface area contributed by atoms with Crippen molar-refractivity contribution in [2.75, 3.05) is 6.61 Å². The Labute approximate surface area is 105 Å². The topological polar surface area (TPSA) is 57.0 Å². The number of nitrogens with zero attached hydrogens (tertiary/aromatic N) is 3. The average molecular weight is 245 g/mol. The fourth-order valence-electron chi connectivity index (χ4n) is 1.75. The Balaban J connectivity index is 2.36. The normalized spacial score (nSPS) is 10.4. The van der Waals surface area contributed by atoms with Gasteiger partial charge in [0.05, 0.1) is 29.3 Å². The third-order valence-corrected chi connectivity index (χ3v) is 2.66. The zero-order valence-corrected chi connectivity index (χ0v) is 10.7. The maximum absolute atomic E-state index is 11.7. The van der Waals surface area contributed by atoms with Crippen molar-refractivity contribution in [3.63, 3.8) is 0 Å². The molecule has 2 rings (SSSR count). The summed E-state index contributed by atoms with van der Waals surface area (Å²) in [6.07, 6.45) is 1.71. The van der Waals surface area contributed by atoms with Gasteiger partial charge in [0.2, 0.25) is 0 Å². The van der Waals surface area contributed by atoms with Crippen molar-refractivity contribution in [3.8, 4) is 11.4 Å². The van der Waals surface area contributed by atoms with Crippen LogP contribution >= 0.6 is 0 Å². The number of rotatable bonds is 3. The minimum atomic E-state index is -0.334. The molecular formula is C13H15N3O2. The summed E-state index contributed by atoms with van der Waals surface area (Å²) in [7, 11) is 1.85. The van der Waals surface area contributed by atoms with Crippen LogP contribution in [0, 0.1) is 6.92 Å². The number of pyridine rings is 1. The highest BCUT2D eigenvalue weighted by atomic mass is 16.5. The van der Waals surface area contributed by atoms with Gasteiger partial charge in [-0.05, 0) is 32.0 Å². The molecular weight excluding hydrogens is 230 g/mol. The highest BCUT2D eigenvalue weighted by Crippen LogP contribution is 2.18. The van der Waals surface area contributed by atoms with Gasteiger partial charge < -0.3 is 4.74 Å². The summed E-state index contributed by atoms with van der Waals surface area (Å²) in [4.78, 5) is 16.1. The van der Waals surface area contributed by atoms with Crippen LogP contribution in [0.4, 0.5) is 0 Å². The minimum Gasteiger partial charge on any atom is -0.462 e. The number of ether oxygens (including phenoxy) is 1. The van der Waals surface area contributed by atoms with Gasteiger partial charge in [-0.1, -0.05) is 0 Å². The van der Waals surface area contributed by atoms with E-state index in [-0.39, 0.29) is 5.97 Å². The summed E-state index contributed by atoms with van der Waals surface area (Å²) in [6, 6.07) is 5.42. The van der Waals surface area contributed by atoms with E-state index in [9.17, 15) is 4.79 Å². The van der Waals surface area contributed by atoms with Crippen LogP contribution in [-0.2, 0) is 11.8 Å². The number of carbonyl (C=O) groups excluding carboxylic acids is 1. The number of carbonyl (C=O) groups is 1. The number of aromatic nitrogens is 3. The molecule has 0 radical (unpaired) electrons. The largest absolute Gasteiger partial charge is 0.462 e. The molecule has 94 valence electrons. The molecule has 0 N–H and O–H groups in total. The zero-order valence-electron chi connectivity index (χ0n) is 10.7. The maximum Gasteiger partial charge on any atom is 0.339 e. The van der Waals surface area contributed by atoms with E-state index in [4.69, 9.17) is 4.74 Å². The van der Waals surface area contributed by atoms with Crippen LogP contribution in [0.5, 0.6) is 0 Å². The molecule has 0 saturated heterocycles. The second-order valence-corrected chi connectivity index (χ2v) is 3.89. The average Bonchev–Trinajstić information content (AvgIpc) is 2.75. The minimum absolute atomic E-state index is 0.334. The molecule has 0 amide bonds. The number of hydrogen-bond donors (Lipinski definition) is 0. The second-order valence-electron chi connectivity index (χ2n) is 3.89. The molecule has 0 aromatic carbocycles. The first-order chi connectivity index (χ1) is 8.63. The molecule has 2 aromatic heterocycles. The van der Waals surface area contributed by atoms with Crippen LogP contribution in [0.2, 0.25) is 0 Å². The third-order valence-electron chi connectivity index (χ3n) is 2.66. The van der Waals surface area contributed by atoms with Gasteiger partial charge >= 0.3 is 5.97 Å². The third kappa shape index (κ3) is 2.25. The molecule has 0 fully saturated rings. The molecule has 5 nitrogen and oxygen atoms in total. The molecule has 0 atom stereocenters. The van der Waals surface area contributed by atoms with Crippen molar-refractivity contribution < 1.29 is 9.53 Å². The summed E-state index contributed by atoms with van der Waals surface area (Å²) in [6.45, 7) is 3.94. The number of esters is 1. The van der Waals surface area contributed by atoms with Gasteiger partial charge in [-0.15, -0.1) is 0 Å². The van der Waals surface area contributed by atoms with Crippen LogP contribution < -0.4 is 0 Å². The highest BCUT2D eigenvalue weighted by Gasteiger charge is 2.13. The first-order valence-electron chi connectivity index (χ1n) is 5.76. The molecule has 0 bridgehead atoms. The van der Waals surface area contributed by atoms with Crippen molar-refractivity contribution >= 4 is 5.97 Å². The summed E-state index contributed by atoms with van der Waals surface area (Å²) in [5.41, 5.74) is 2.86. The summed E-state index contributed by atoms with van der Waals surface area (Å²) in [5, 5.41) is 4.09. The first kappa shape index (κ1) is 12.3. The molecule has 0 unspecified atom stereocenters. The Kier molecular flexibility index (Phi) is 3.41. The number of aryl methyl sites for hydroxylation is 2. The van der Waals surface area contributed by atoms with Crippen molar-refractivity contribution in [2.24, 2.45) is 7.05 Å². The molecule has 5 heteroatoms. The highest BCUT2D eigenvalue weighted by molar-refractivity contribution is 5.90. The standard InChI is InChI=1S/C13H15N3O2/c1-4-18-13(17)10-5-6-11(15-9(10)2)12-7-8-14-16(12)3/h5-8H,4H2,1-3H3. The van der Waals surface area contributed by atoms with E-state index in [0.29, 0.717) is 17.9 Å². The van der Waals surface area contributed by atoms with Crippen LogP contribution in [0.3, 0.4) is 0 Å². The van der Waals surface area contributed by atoms with E-state index in [2.05, 4.69) is 10.1 Å². The zero-order chi connectivity index (χ0) is 13.1. The van der Waals surface area contributed by atoms with Crippen molar-refractivity contribution in [1.82, 2.24) is 14.8 Å². The quantitative estimate of drug-likeness (QED) is 0.776. The first-order valence-corrected chi connectivity index (χ1v) is 5.76. The molecule has 0 aliphatic heterocycles. The van der Waals surface area contributed by atoms with Gasteiger partial charge in [-0.25, -0.2) is 4.79 Å². The Morgan fingerprint density at radius 2 is 2.17 bits per heavy atom. The van der Waals surface area contributed by atoms with E-state index in [1.807, 2.05) is 13.1 Å². The van der Waals surface area contributed by atoms with E-state index in [0.717, 1.165) is 11.4 Å². The monoisotopic (exact) mass is 245 g/mol. The second kappa shape index (κ2) is 5.00. The predicted molar refractivity (Wildman–Crippen MR) is 67.1 cm³/mol. The van der Waals surface area contributed by atoms with E-state index >= 15 is 0 Å². The van der Waals surface area contributed by atoms with Crippen molar-refractivity contribution in [3.05, 3.63) is 35.7 Å². The Hall–Kier alpha value is -2.17. The summed E-state index contributed by atoms with van der Waals surface area (Å²) in [5.74, 6) is -0.334. The van der Waals surface area contributed by atoms with Gasteiger partial charge in [0.25, 0.3) is 0 Å². The van der Waals surface area contributed by atoms with Crippen molar-refractivity contribution in [2.45, 2.75) is 13.8 Å². The van der Waals surface area contributed by atoms with Crippen LogP contribution in [0.15, 0.2) is 24.4 Å². The smallest absolute Gasteiger partial charge is 0.339 e. The predicted octanol–water partition coefficient (Wildman–Crippen LogP) is 1.97. The SMILES string of the molecule is CCOC(=O)c1ccc(-c2ccnn2C)nc1C. The lowest BCUT2D eigenvalue weighted by Crippen LogP contribution is -2.08. The molecule has 0 spiro atoms. The Bertz CT molecular complexity index is 575. The van der Waals surface area contributed by atoms with Gasteiger partial charge in [-0.3, -0.25) is 9.67 Å². The van der Waals surface area contributed by atoms with Gasteiger partial charge in [0.15, 0.2) is 0 Å². The van der Waals surface area contributed by atoms with E-state index in [1.165, 1.54) is 0 Å². The molecule has 0 saturated carbocycles. The number of hydrogen-bond acceptors (Lipinski definition) is 4. The molecule has 18 heavy (non-hydrogen) atoms. The fraction of sp³-hybridized carbons (Fsp3) is 0.308. The van der Waals surface area contributed by atoms with Crippen LogP contribution in [0.1, 0.15) is 23.0 Å². The van der Waals surface area contributed by atoms with E-state index < -0.39 is 0 Å². The molecule has 2 aromatic rings. The van der Waals surface area contributed by atoms with Gasteiger partial charge in [0, 0.05) is 13.2 Å². The Morgan fingerprint density at radius 3 is 2.72 bits per heavy atom. The fourth-order valence-corrected chi connectivity index (χ4v) is 1.75. The summed E-state index contributed by atoms with van der Waals surface area (Å²) >= 11 is 0. The molecule has 0 aliphatic rings. The lowest BCUT2D eigenvalue weighted by atomic mass is 10.1. The molecule has 2 heterocycles. The van der Waals surface area contributed by atoms with Gasteiger partial charge in [-0.2, -0.15) is 5.10 Å². The molecule has 0 aliphatic carbocycles. The maximum atomic E-state index is 11.7. The van der Waals surface area contributed by atoms with Crippen LogP contribution in [-0.4, -0.2) is 27.3 Å². The summed E-state index contributed by atoms with van der Waals surface area (Å²) < 4.78 is 6.71.